The van der Waals surface area contributed by atoms with Crippen molar-refractivity contribution in [3.05, 3.63) is 29.0 Å². The summed E-state index contributed by atoms with van der Waals surface area (Å²) in [6.45, 7) is 7.32. The van der Waals surface area contributed by atoms with Gasteiger partial charge in [0.15, 0.2) is 0 Å². The number of hydrogen-bond acceptors (Lipinski definition) is 3. The summed E-state index contributed by atoms with van der Waals surface area (Å²) in [4.78, 5) is 18.6. The number of rotatable bonds is 5. The van der Waals surface area contributed by atoms with Crippen molar-refractivity contribution in [2.45, 2.75) is 32.7 Å². The maximum Gasteiger partial charge on any atom is 0.254 e. The third kappa shape index (κ3) is 3.70. The van der Waals surface area contributed by atoms with Crippen molar-refractivity contribution in [1.29, 1.82) is 0 Å². The summed E-state index contributed by atoms with van der Waals surface area (Å²) >= 11 is 5.94. The lowest BCUT2D eigenvalue weighted by molar-refractivity contribution is 0.0927. The Bertz CT molecular complexity index is 458. The van der Waals surface area contributed by atoms with Gasteiger partial charge >= 0.3 is 0 Å². The number of carbonyl (C=O) groups excluding carboxylic acids is 1. The average molecular weight is 296 g/mol. The predicted octanol–water partition coefficient (Wildman–Crippen LogP) is 2.59. The SMILES string of the molecule is CC(C)C(CNC(=O)c1cccnc1Cl)N1CCCC1. The van der Waals surface area contributed by atoms with Gasteiger partial charge in [-0.3, -0.25) is 9.69 Å². The fraction of sp³-hybridized carbons (Fsp3) is 0.600. The second-order valence-electron chi connectivity index (χ2n) is 5.61. The molecule has 1 aliphatic heterocycles. The summed E-state index contributed by atoms with van der Waals surface area (Å²) in [7, 11) is 0. The third-order valence-electron chi connectivity index (χ3n) is 3.85. The number of halogens is 1. The van der Waals surface area contributed by atoms with E-state index in [4.69, 9.17) is 11.6 Å². The average Bonchev–Trinajstić information content (AvgIpc) is 2.92. The van der Waals surface area contributed by atoms with Gasteiger partial charge in [-0.1, -0.05) is 25.4 Å². The standard InChI is InChI=1S/C15H22ClN3O/c1-11(2)13(19-8-3-4-9-19)10-18-15(20)12-6-5-7-17-14(12)16/h5-7,11,13H,3-4,8-10H2,1-2H3,(H,18,20). The first-order valence-corrected chi connectivity index (χ1v) is 7.60. The molecule has 110 valence electrons. The van der Waals surface area contributed by atoms with Crippen molar-refractivity contribution in [3.63, 3.8) is 0 Å². The molecule has 1 aromatic heterocycles. The maximum absolute atomic E-state index is 12.2. The second-order valence-corrected chi connectivity index (χ2v) is 5.96. The Morgan fingerprint density at radius 1 is 1.45 bits per heavy atom. The Balaban J connectivity index is 1.95. The number of nitrogens with one attached hydrogen (secondary N) is 1. The lowest BCUT2D eigenvalue weighted by Gasteiger charge is -2.31. The van der Waals surface area contributed by atoms with E-state index in [0.717, 1.165) is 13.1 Å². The maximum atomic E-state index is 12.2. The van der Waals surface area contributed by atoms with Gasteiger partial charge in [-0.15, -0.1) is 0 Å². The van der Waals surface area contributed by atoms with Crippen LogP contribution in [0.3, 0.4) is 0 Å². The summed E-state index contributed by atoms with van der Waals surface area (Å²) in [5.74, 6) is 0.366. The predicted molar refractivity (Wildman–Crippen MR) is 81.0 cm³/mol. The summed E-state index contributed by atoms with van der Waals surface area (Å²) in [6, 6.07) is 3.81. The van der Waals surface area contributed by atoms with E-state index in [1.54, 1.807) is 18.3 Å². The fourth-order valence-electron chi connectivity index (χ4n) is 2.71. The van der Waals surface area contributed by atoms with E-state index in [0.29, 0.717) is 24.1 Å². The molecule has 2 heterocycles. The Hall–Kier alpha value is -1.13. The molecular formula is C15H22ClN3O. The smallest absolute Gasteiger partial charge is 0.254 e. The van der Waals surface area contributed by atoms with Crippen LogP contribution >= 0.6 is 11.6 Å². The van der Waals surface area contributed by atoms with E-state index in [9.17, 15) is 4.79 Å². The van der Waals surface area contributed by atoms with Crippen LogP contribution in [0.2, 0.25) is 5.15 Å². The van der Waals surface area contributed by atoms with E-state index >= 15 is 0 Å². The molecule has 0 saturated carbocycles. The van der Waals surface area contributed by atoms with Gasteiger partial charge in [-0.05, 0) is 44.0 Å². The van der Waals surface area contributed by atoms with Crippen molar-refractivity contribution < 1.29 is 4.79 Å². The van der Waals surface area contributed by atoms with Crippen LogP contribution in [0.1, 0.15) is 37.0 Å². The molecule has 1 N–H and O–H groups in total. The minimum absolute atomic E-state index is 0.145. The van der Waals surface area contributed by atoms with E-state index in [2.05, 4.69) is 29.0 Å². The summed E-state index contributed by atoms with van der Waals surface area (Å²) < 4.78 is 0. The van der Waals surface area contributed by atoms with Crippen molar-refractivity contribution in [1.82, 2.24) is 15.2 Å². The van der Waals surface area contributed by atoms with Crippen LogP contribution in [-0.2, 0) is 0 Å². The highest BCUT2D eigenvalue weighted by atomic mass is 35.5. The zero-order chi connectivity index (χ0) is 14.5. The lowest BCUT2D eigenvalue weighted by Crippen LogP contribution is -2.45. The van der Waals surface area contributed by atoms with Gasteiger partial charge < -0.3 is 5.32 Å². The molecule has 1 unspecified atom stereocenters. The van der Waals surface area contributed by atoms with Gasteiger partial charge in [0, 0.05) is 18.8 Å². The van der Waals surface area contributed by atoms with Gasteiger partial charge in [-0.25, -0.2) is 4.98 Å². The molecule has 1 fully saturated rings. The highest BCUT2D eigenvalue weighted by molar-refractivity contribution is 6.32. The molecule has 5 heteroatoms. The van der Waals surface area contributed by atoms with Crippen LogP contribution in [0.4, 0.5) is 0 Å². The molecule has 0 radical (unpaired) electrons. The minimum Gasteiger partial charge on any atom is -0.350 e. The molecular weight excluding hydrogens is 274 g/mol. The monoisotopic (exact) mass is 295 g/mol. The Labute approximate surface area is 125 Å². The van der Waals surface area contributed by atoms with Gasteiger partial charge in [0.25, 0.3) is 5.91 Å². The molecule has 4 nitrogen and oxygen atoms in total. The molecule has 20 heavy (non-hydrogen) atoms. The summed E-state index contributed by atoms with van der Waals surface area (Å²) in [5.41, 5.74) is 0.443. The van der Waals surface area contributed by atoms with E-state index in [-0.39, 0.29) is 11.1 Å². The molecule has 0 aromatic carbocycles. The Morgan fingerprint density at radius 3 is 2.75 bits per heavy atom. The molecule has 1 atom stereocenters. The molecule has 1 amide bonds. The Morgan fingerprint density at radius 2 is 2.15 bits per heavy atom. The molecule has 0 bridgehead atoms. The van der Waals surface area contributed by atoms with Crippen molar-refractivity contribution in [2.75, 3.05) is 19.6 Å². The van der Waals surface area contributed by atoms with Crippen molar-refractivity contribution in [2.24, 2.45) is 5.92 Å². The summed E-state index contributed by atoms with van der Waals surface area (Å²) in [5, 5.41) is 3.25. The number of carbonyl (C=O) groups is 1. The molecule has 1 aromatic rings. The van der Waals surface area contributed by atoms with Gasteiger partial charge in [0.1, 0.15) is 5.15 Å². The summed E-state index contributed by atoms with van der Waals surface area (Å²) in [6.07, 6.45) is 4.09. The number of hydrogen-bond donors (Lipinski definition) is 1. The van der Waals surface area contributed by atoms with Crippen LogP contribution in [0.15, 0.2) is 18.3 Å². The largest absolute Gasteiger partial charge is 0.350 e. The highest BCUT2D eigenvalue weighted by Crippen LogP contribution is 2.17. The van der Waals surface area contributed by atoms with Crippen LogP contribution in [0, 0.1) is 5.92 Å². The number of pyridine rings is 1. The number of amides is 1. The van der Waals surface area contributed by atoms with E-state index in [1.165, 1.54) is 12.8 Å². The third-order valence-corrected chi connectivity index (χ3v) is 4.16. The zero-order valence-electron chi connectivity index (χ0n) is 12.1. The van der Waals surface area contributed by atoms with Crippen molar-refractivity contribution >= 4 is 17.5 Å². The first-order valence-electron chi connectivity index (χ1n) is 7.22. The molecule has 1 aliphatic rings. The van der Waals surface area contributed by atoms with E-state index < -0.39 is 0 Å². The van der Waals surface area contributed by atoms with Gasteiger partial charge in [-0.2, -0.15) is 0 Å². The first-order chi connectivity index (χ1) is 9.59. The molecule has 0 spiro atoms. The lowest BCUT2D eigenvalue weighted by atomic mass is 10.0. The zero-order valence-corrected chi connectivity index (χ0v) is 12.9. The molecule has 2 rings (SSSR count). The van der Waals surface area contributed by atoms with Crippen LogP contribution in [0.5, 0.6) is 0 Å². The fourth-order valence-corrected chi connectivity index (χ4v) is 2.91. The number of likely N-dealkylation sites (tertiary alicyclic amines) is 1. The van der Waals surface area contributed by atoms with Gasteiger partial charge in [0.2, 0.25) is 0 Å². The highest BCUT2D eigenvalue weighted by Gasteiger charge is 2.25. The number of nitrogens with zero attached hydrogens (tertiary/aromatic N) is 2. The normalized spacial score (nSPS) is 17.4. The van der Waals surface area contributed by atoms with Gasteiger partial charge in [0.05, 0.1) is 5.56 Å². The first kappa shape index (κ1) is 15.3. The second kappa shape index (κ2) is 7.04. The minimum atomic E-state index is -0.145. The number of aromatic nitrogens is 1. The molecule has 0 aliphatic carbocycles. The quantitative estimate of drug-likeness (QED) is 0.849. The van der Waals surface area contributed by atoms with Crippen LogP contribution in [-0.4, -0.2) is 41.5 Å². The topological polar surface area (TPSA) is 45.2 Å². The Kier molecular flexibility index (Phi) is 5.38. The van der Waals surface area contributed by atoms with E-state index in [1.807, 2.05) is 0 Å². The molecule has 1 saturated heterocycles. The van der Waals surface area contributed by atoms with Crippen molar-refractivity contribution in [3.8, 4) is 0 Å². The van der Waals surface area contributed by atoms with Crippen LogP contribution < -0.4 is 5.32 Å². The van der Waals surface area contributed by atoms with Crippen LogP contribution in [0.25, 0.3) is 0 Å².